The Hall–Kier alpha value is -3.35. The lowest BCUT2D eigenvalue weighted by Gasteiger charge is -2.36. The van der Waals surface area contributed by atoms with E-state index in [1.807, 2.05) is 37.3 Å². The Morgan fingerprint density at radius 2 is 1.76 bits per heavy atom. The molecule has 4 rings (SSSR count). The SMILES string of the molecule is COc1nc2cc(C)ccc2nc1NC(=O)N1CCN(c2ccccc2C)CC1. The normalized spacial score (nSPS) is 14.2. The number of urea groups is 1. The van der Waals surface area contributed by atoms with E-state index >= 15 is 0 Å². The molecule has 2 amide bonds. The van der Waals surface area contributed by atoms with E-state index in [2.05, 4.69) is 39.2 Å². The highest BCUT2D eigenvalue weighted by Crippen LogP contribution is 2.25. The topological polar surface area (TPSA) is 70.6 Å². The van der Waals surface area contributed by atoms with E-state index in [-0.39, 0.29) is 6.03 Å². The van der Waals surface area contributed by atoms with Gasteiger partial charge in [0, 0.05) is 31.9 Å². The van der Waals surface area contributed by atoms with Crippen molar-refractivity contribution in [3.8, 4) is 5.88 Å². The quantitative estimate of drug-likeness (QED) is 0.739. The smallest absolute Gasteiger partial charge is 0.323 e. The van der Waals surface area contributed by atoms with Gasteiger partial charge >= 0.3 is 6.03 Å². The molecule has 7 nitrogen and oxygen atoms in total. The van der Waals surface area contributed by atoms with Crippen molar-refractivity contribution in [3.63, 3.8) is 0 Å². The summed E-state index contributed by atoms with van der Waals surface area (Å²) in [4.78, 5) is 26.0. The third-order valence-electron chi connectivity index (χ3n) is 5.23. The molecule has 1 aliphatic heterocycles. The molecule has 29 heavy (non-hydrogen) atoms. The number of rotatable bonds is 3. The van der Waals surface area contributed by atoms with Gasteiger partial charge in [0.2, 0.25) is 0 Å². The van der Waals surface area contributed by atoms with Crippen LogP contribution in [0.15, 0.2) is 42.5 Å². The number of hydrogen-bond acceptors (Lipinski definition) is 5. The highest BCUT2D eigenvalue weighted by atomic mass is 16.5. The number of amides is 2. The number of para-hydroxylation sites is 1. The molecule has 0 bridgehead atoms. The van der Waals surface area contributed by atoms with E-state index in [1.165, 1.54) is 18.4 Å². The number of carbonyl (C=O) groups is 1. The number of ether oxygens (including phenoxy) is 1. The average molecular weight is 391 g/mol. The van der Waals surface area contributed by atoms with Gasteiger partial charge in [0.25, 0.3) is 5.88 Å². The van der Waals surface area contributed by atoms with Crippen molar-refractivity contribution < 1.29 is 9.53 Å². The number of hydrogen-bond donors (Lipinski definition) is 1. The zero-order chi connectivity index (χ0) is 20.4. The van der Waals surface area contributed by atoms with Crippen LogP contribution in [-0.2, 0) is 0 Å². The number of piperazine rings is 1. The maximum absolute atomic E-state index is 12.8. The van der Waals surface area contributed by atoms with Crippen molar-refractivity contribution in [2.75, 3.05) is 43.5 Å². The third-order valence-corrected chi connectivity index (χ3v) is 5.23. The molecule has 2 heterocycles. The minimum Gasteiger partial charge on any atom is -0.478 e. The summed E-state index contributed by atoms with van der Waals surface area (Å²) >= 11 is 0. The Bertz CT molecular complexity index is 1040. The fraction of sp³-hybridized carbons (Fsp3) is 0.318. The van der Waals surface area contributed by atoms with Crippen LogP contribution in [0.25, 0.3) is 11.0 Å². The Labute approximate surface area is 170 Å². The van der Waals surface area contributed by atoms with Gasteiger partial charge in [-0.15, -0.1) is 0 Å². The molecule has 150 valence electrons. The van der Waals surface area contributed by atoms with Crippen molar-refractivity contribution in [1.82, 2.24) is 14.9 Å². The first kappa shape index (κ1) is 19.0. The van der Waals surface area contributed by atoms with Crippen LogP contribution in [0, 0.1) is 13.8 Å². The second-order valence-electron chi connectivity index (χ2n) is 7.26. The zero-order valence-electron chi connectivity index (χ0n) is 17.0. The van der Waals surface area contributed by atoms with Crippen molar-refractivity contribution in [1.29, 1.82) is 0 Å². The summed E-state index contributed by atoms with van der Waals surface area (Å²) in [5.41, 5.74) is 5.03. The Morgan fingerprint density at radius 3 is 2.48 bits per heavy atom. The molecule has 1 fully saturated rings. The fourth-order valence-corrected chi connectivity index (χ4v) is 3.62. The maximum atomic E-state index is 12.8. The summed E-state index contributed by atoms with van der Waals surface area (Å²) in [5.74, 6) is 0.658. The van der Waals surface area contributed by atoms with Gasteiger partial charge in [-0.1, -0.05) is 24.3 Å². The number of nitrogens with one attached hydrogen (secondary N) is 1. The Balaban J connectivity index is 1.46. The predicted octanol–water partition coefficient (Wildman–Crippen LogP) is 3.61. The van der Waals surface area contributed by atoms with Crippen LogP contribution in [0.4, 0.5) is 16.3 Å². The number of methoxy groups -OCH3 is 1. The molecule has 7 heteroatoms. The van der Waals surface area contributed by atoms with E-state index < -0.39 is 0 Å². The van der Waals surface area contributed by atoms with E-state index in [1.54, 1.807) is 4.90 Å². The lowest BCUT2D eigenvalue weighted by atomic mass is 10.1. The maximum Gasteiger partial charge on any atom is 0.323 e. The molecule has 0 unspecified atom stereocenters. The van der Waals surface area contributed by atoms with E-state index in [0.717, 1.165) is 29.7 Å². The number of benzene rings is 2. The van der Waals surface area contributed by atoms with E-state index in [0.29, 0.717) is 24.8 Å². The molecule has 0 atom stereocenters. The molecule has 1 aliphatic rings. The summed E-state index contributed by atoms with van der Waals surface area (Å²) in [6, 6.07) is 14.0. The molecule has 0 radical (unpaired) electrons. The number of anilines is 2. The minimum atomic E-state index is -0.187. The number of fused-ring (bicyclic) bond motifs is 1. The first-order valence-corrected chi connectivity index (χ1v) is 9.74. The number of aryl methyl sites for hydroxylation is 2. The van der Waals surface area contributed by atoms with Crippen molar-refractivity contribution in [2.45, 2.75) is 13.8 Å². The summed E-state index contributed by atoms with van der Waals surface area (Å²) in [7, 11) is 1.53. The Kier molecular flexibility index (Phi) is 5.20. The van der Waals surface area contributed by atoms with Gasteiger partial charge in [-0.05, 0) is 43.2 Å². The number of nitrogens with zero attached hydrogens (tertiary/aromatic N) is 4. The van der Waals surface area contributed by atoms with Gasteiger partial charge in [-0.2, -0.15) is 0 Å². The summed E-state index contributed by atoms with van der Waals surface area (Å²) in [5, 5.41) is 2.87. The van der Waals surface area contributed by atoms with Gasteiger partial charge in [0.05, 0.1) is 18.1 Å². The van der Waals surface area contributed by atoms with Gasteiger partial charge in [-0.3, -0.25) is 5.32 Å². The van der Waals surface area contributed by atoms with Gasteiger partial charge in [0.15, 0.2) is 5.82 Å². The molecular weight excluding hydrogens is 366 g/mol. The largest absolute Gasteiger partial charge is 0.478 e. The predicted molar refractivity (Wildman–Crippen MR) is 115 cm³/mol. The van der Waals surface area contributed by atoms with Crippen LogP contribution in [0.3, 0.4) is 0 Å². The lowest BCUT2D eigenvalue weighted by Crippen LogP contribution is -2.50. The fourth-order valence-electron chi connectivity index (χ4n) is 3.62. The van der Waals surface area contributed by atoms with Gasteiger partial charge in [0.1, 0.15) is 0 Å². The van der Waals surface area contributed by atoms with Gasteiger partial charge in [-0.25, -0.2) is 14.8 Å². The van der Waals surface area contributed by atoms with Crippen LogP contribution >= 0.6 is 0 Å². The second-order valence-corrected chi connectivity index (χ2v) is 7.26. The monoisotopic (exact) mass is 391 g/mol. The molecule has 2 aromatic carbocycles. The molecule has 0 saturated carbocycles. The second kappa shape index (κ2) is 7.95. The molecule has 0 spiro atoms. The summed E-state index contributed by atoms with van der Waals surface area (Å²) < 4.78 is 5.35. The minimum absolute atomic E-state index is 0.187. The van der Waals surface area contributed by atoms with E-state index in [4.69, 9.17) is 4.74 Å². The summed E-state index contributed by atoms with van der Waals surface area (Å²) in [6.45, 7) is 6.97. The molecule has 3 aromatic rings. The molecule has 1 N–H and O–H groups in total. The molecule has 1 aromatic heterocycles. The molecule has 0 aliphatic carbocycles. The standard InChI is InChI=1S/C22H25N5O2/c1-15-8-9-17-18(14-15)24-21(29-3)20(23-17)25-22(28)27-12-10-26(11-13-27)19-7-5-4-6-16(19)2/h4-9,14H,10-13H2,1-3H3,(H,23,25,28). The van der Waals surface area contributed by atoms with E-state index in [9.17, 15) is 4.79 Å². The van der Waals surface area contributed by atoms with Crippen LogP contribution in [0.5, 0.6) is 5.88 Å². The summed E-state index contributed by atoms with van der Waals surface area (Å²) in [6.07, 6.45) is 0. The third kappa shape index (κ3) is 3.94. The number of aromatic nitrogens is 2. The first-order valence-electron chi connectivity index (χ1n) is 9.74. The van der Waals surface area contributed by atoms with Crippen LogP contribution < -0.4 is 15.0 Å². The van der Waals surface area contributed by atoms with Crippen LogP contribution in [-0.4, -0.2) is 54.2 Å². The van der Waals surface area contributed by atoms with Crippen LogP contribution in [0.1, 0.15) is 11.1 Å². The average Bonchev–Trinajstić information content (AvgIpc) is 2.74. The lowest BCUT2D eigenvalue weighted by molar-refractivity contribution is 0.208. The highest BCUT2D eigenvalue weighted by Gasteiger charge is 2.23. The van der Waals surface area contributed by atoms with Crippen molar-refractivity contribution in [3.05, 3.63) is 53.6 Å². The zero-order valence-corrected chi connectivity index (χ0v) is 17.0. The van der Waals surface area contributed by atoms with Crippen LogP contribution in [0.2, 0.25) is 0 Å². The molecule has 1 saturated heterocycles. The number of carbonyl (C=O) groups excluding carboxylic acids is 1. The molecular formula is C22H25N5O2. The highest BCUT2D eigenvalue weighted by molar-refractivity contribution is 5.91. The first-order chi connectivity index (χ1) is 14.0. The van der Waals surface area contributed by atoms with Crippen molar-refractivity contribution in [2.24, 2.45) is 0 Å². The van der Waals surface area contributed by atoms with Gasteiger partial charge < -0.3 is 14.5 Å². The Morgan fingerprint density at radius 1 is 1.00 bits per heavy atom. The van der Waals surface area contributed by atoms with Crippen molar-refractivity contribution >= 4 is 28.6 Å².